The SMILES string of the molecule is Cc1ccc(C(=O)Nc2cccc(-n3c(C)nc4ncccc4c3=O)c2)cc1C. The summed E-state index contributed by atoms with van der Waals surface area (Å²) in [6.07, 6.45) is 1.61. The number of amides is 1. The molecule has 4 aromatic rings. The fraction of sp³-hybridized carbons (Fsp3) is 0.130. The number of benzene rings is 2. The first-order chi connectivity index (χ1) is 13.9. The van der Waals surface area contributed by atoms with Crippen molar-refractivity contribution >= 4 is 22.6 Å². The van der Waals surface area contributed by atoms with E-state index in [4.69, 9.17) is 0 Å². The number of aryl methyl sites for hydroxylation is 3. The first-order valence-corrected chi connectivity index (χ1v) is 9.27. The van der Waals surface area contributed by atoms with Crippen LogP contribution >= 0.6 is 0 Å². The molecule has 0 atom stereocenters. The van der Waals surface area contributed by atoms with E-state index in [0.29, 0.717) is 33.8 Å². The van der Waals surface area contributed by atoms with E-state index in [1.807, 2.05) is 32.0 Å². The summed E-state index contributed by atoms with van der Waals surface area (Å²) in [5.41, 5.74) is 4.24. The van der Waals surface area contributed by atoms with Crippen molar-refractivity contribution in [3.8, 4) is 5.69 Å². The van der Waals surface area contributed by atoms with Crippen molar-refractivity contribution in [1.82, 2.24) is 14.5 Å². The third-order valence-corrected chi connectivity index (χ3v) is 4.94. The van der Waals surface area contributed by atoms with Crippen LogP contribution in [0, 0.1) is 20.8 Å². The predicted molar refractivity (Wildman–Crippen MR) is 114 cm³/mol. The highest BCUT2D eigenvalue weighted by Gasteiger charge is 2.12. The zero-order chi connectivity index (χ0) is 20.5. The molecule has 29 heavy (non-hydrogen) atoms. The van der Waals surface area contributed by atoms with Crippen molar-refractivity contribution < 1.29 is 4.79 Å². The summed E-state index contributed by atoms with van der Waals surface area (Å²) < 4.78 is 1.52. The highest BCUT2D eigenvalue weighted by atomic mass is 16.1. The molecule has 1 amide bonds. The minimum Gasteiger partial charge on any atom is -0.322 e. The van der Waals surface area contributed by atoms with E-state index in [1.54, 1.807) is 49.5 Å². The van der Waals surface area contributed by atoms with Crippen LogP contribution in [-0.4, -0.2) is 20.4 Å². The van der Waals surface area contributed by atoms with E-state index < -0.39 is 0 Å². The normalized spacial score (nSPS) is 10.9. The molecule has 0 fully saturated rings. The zero-order valence-electron chi connectivity index (χ0n) is 16.4. The Kier molecular flexibility index (Phi) is 4.68. The molecule has 2 heterocycles. The Labute approximate surface area is 167 Å². The second kappa shape index (κ2) is 7.31. The van der Waals surface area contributed by atoms with Gasteiger partial charge < -0.3 is 5.32 Å². The highest BCUT2D eigenvalue weighted by Crippen LogP contribution is 2.18. The van der Waals surface area contributed by atoms with Gasteiger partial charge in [0.05, 0.1) is 11.1 Å². The molecule has 0 bridgehead atoms. The largest absolute Gasteiger partial charge is 0.322 e. The molecule has 2 aromatic carbocycles. The summed E-state index contributed by atoms with van der Waals surface area (Å²) >= 11 is 0. The number of carbonyl (C=O) groups excluding carboxylic acids is 1. The lowest BCUT2D eigenvalue weighted by molar-refractivity contribution is 0.102. The van der Waals surface area contributed by atoms with Gasteiger partial charge in [-0.25, -0.2) is 9.97 Å². The molecule has 0 aliphatic heterocycles. The second-order valence-electron chi connectivity index (χ2n) is 6.98. The van der Waals surface area contributed by atoms with Gasteiger partial charge >= 0.3 is 0 Å². The molecule has 0 radical (unpaired) electrons. The standard InChI is InChI=1S/C23H20N4O2/c1-14-9-10-17(12-15(14)2)22(28)26-18-6-4-7-19(13-18)27-16(3)25-21-20(23(27)29)8-5-11-24-21/h4-13H,1-3H3,(H,26,28). The molecule has 0 saturated carbocycles. The molecule has 1 N–H and O–H groups in total. The van der Waals surface area contributed by atoms with Gasteiger partial charge in [-0.15, -0.1) is 0 Å². The fourth-order valence-electron chi connectivity index (χ4n) is 3.24. The van der Waals surface area contributed by atoms with E-state index in [2.05, 4.69) is 15.3 Å². The number of pyridine rings is 1. The quantitative estimate of drug-likeness (QED) is 0.580. The topological polar surface area (TPSA) is 76.9 Å². The number of hydrogen-bond donors (Lipinski definition) is 1. The lowest BCUT2D eigenvalue weighted by Crippen LogP contribution is -2.22. The predicted octanol–water partition coefficient (Wildman–Crippen LogP) is 3.96. The summed E-state index contributed by atoms with van der Waals surface area (Å²) in [6, 6.07) is 16.2. The number of fused-ring (bicyclic) bond motifs is 1. The third kappa shape index (κ3) is 3.52. The van der Waals surface area contributed by atoms with Crippen molar-refractivity contribution in [2.75, 3.05) is 5.32 Å². The molecule has 0 unspecified atom stereocenters. The van der Waals surface area contributed by atoms with Crippen molar-refractivity contribution in [1.29, 1.82) is 0 Å². The Balaban J connectivity index is 1.71. The van der Waals surface area contributed by atoms with Crippen LogP contribution in [0.15, 0.2) is 65.6 Å². The number of aromatic nitrogens is 3. The molecular weight excluding hydrogens is 364 g/mol. The van der Waals surface area contributed by atoms with Gasteiger partial charge in [0.1, 0.15) is 5.82 Å². The molecular formula is C23H20N4O2. The van der Waals surface area contributed by atoms with Crippen molar-refractivity contribution in [3.05, 3.63) is 93.7 Å². The maximum absolute atomic E-state index is 13.0. The number of hydrogen-bond acceptors (Lipinski definition) is 4. The number of anilines is 1. The lowest BCUT2D eigenvalue weighted by Gasteiger charge is -2.12. The minimum atomic E-state index is -0.199. The van der Waals surface area contributed by atoms with Gasteiger partial charge in [-0.1, -0.05) is 12.1 Å². The van der Waals surface area contributed by atoms with E-state index in [0.717, 1.165) is 11.1 Å². The van der Waals surface area contributed by atoms with E-state index in [-0.39, 0.29) is 11.5 Å². The van der Waals surface area contributed by atoms with Gasteiger partial charge in [0, 0.05) is 17.4 Å². The first kappa shape index (κ1) is 18.6. The summed E-state index contributed by atoms with van der Waals surface area (Å²) in [5, 5.41) is 3.35. The van der Waals surface area contributed by atoms with E-state index >= 15 is 0 Å². The maximum Gasteiger partial charge on any atom is 0.267 e. The molecule has 144 valence electrons. The number of nitrogens with one attached hydrogen (secondary N) is 1. The van der Waals surface area contributed by atoms with Crippen LogP contribution < -0.4 is 10.9 Å². The molecule has 6 heteroatoms. The molecule has 2 aromatic heterocycles. The Hall–Kier alpha value is -3.80. The second-order valence-corrected chi connectivity index (χ2v) is 6.98. The van der Waals surface area contributed by atoms with E-state index in [9.17, 15) is 9.59 Å². The minimum absolute atomic E-state index is 0.196. The monoisotopic (exact) mass is 384 g/mol. The Morgan fingerprint density at radius 1 is 0.966 bits per heavy atom. The molecule has 0 aliphatic rings. The molecule has 6 nitrogen and oxygen atoms in total. The van der Waals surface area contributed by atoms with Gasteiger partial charge in [-0.2, -0.15) is 0 Å². The highest BCUT2D eigenvalue weighted by molar-refractivity contribution is 6.04. The fourth-order valence-corrected chi connectivity index (χ4v) is 3.24. The number of rotatable bonds is 3. The van der Waals surface area contributed by atoms with Crippen LogP contribution in [0.3, 0.4) is 0 Å². The molecule has 0 saturated heterocycles. The Bertz CT molecular complexity index is 1310. The summed E-state index contributed by atoms with van der Waals surface area (Å²) in [4.78, 5) is 34.2. The van der Waals surface area contributed by atoms with Crippen LogP contribution in [0.5, 0.6) is 0 Å². The number of nitrogens with zero attached hydrogens (tertiary/aromatic N) is 3. The van der Waals surface area contributed by atoms with Gasteiger partial charge in [0.25, 0.3) is 11.5 Å². The van der Waals surface area contributed by atoms with Crippen LogP contribution in [0.25, 0.3) is 16.7 Å². The lowest BCUT2D eigenvalue weighted by atomic mass is 10.1. The first-order valence-electron chi connectivity index (χ1n) is 9.27. The van der Waals surface area contributed by atoms with Crippen molar-refractivity contribution in [2.24, 2.45) is 0 Å². The van der Waals surface area contributed by atoms with Crippen molar-refractivity contribution in [3.63, 3.8) is 0 Å². The summed E-state index contributed by atoms with van der Waals surface area (Å²) in [5.74, 6) is 0.328. The van der Waals surface area contributed by atoms with Crippen molar-refractivity contribution in [2.45, 2.75) is 20.8 Å². The van der Waals surface area contributed by atoms with Crippen LogP contribution in [-0.2, 0) is 0 Å². The molecule has 0 aliphatic carbocycles. The Morgan fingerprint density at radius 3 is 2.59 bits per heavy atom. The summed E-state index contributed by atoms with van der Waals surface area (Å²) in [6.45, 7) is 5.74. The van der Waals surface area contributed by atoms with Gasteiger partial charge in [0.2, 0.25) is 0 Å². The smallest absolute Gasteiger partial charge is 0.267 e. The van der Waals surface area contributed by atoms with Gasteiger partial charge in [-0.05, 0) is 74.4 Å². The zero-order valence-corrected chi connectivity index (χ0v) is 16.4. The van der Waals surface area contributed by atoms with Crippen LogP contribution in [0.1, 0.15) is 27.3 Å². The van der Waals surface area contributed by atoms with Crippen LogP contribution in [0.2, 0.25) is 0 Å². The third-order valence-electron chi connectivity index (χ3n) is 4.94. The summed E-state index contributed by atoms with van der Waals surface area (Å²) in [7, 11) is 0. The average molecular weight is 384 g/mol. The maximum atomic E-state index is 13.0. The van der Waals surface area contributed by atoms with E-state index in [1.165, 1.54) is 4.57 Å². The molecule has 0 spiro atoms. The van der Waals surface area contributed by atoms with Crippen LogP contribution in [0.4, 0.5) is 5.69 Å². The average Bonchev–Trinajstić information content (AvgIpc) is 2.70. The van der Waals surface area contributed by atoms with Gasteiger partial charge in [0.15, 0.2) is 5.65 Å². The Morgan fingerprint density at radius 2 is 1.79 bits per heavy atom. The van der Waals surface area contributed by atoms with Gasteiger partial charge in [-0.3, -0.25) is 14.2 Å². The number of carbonyl (C=O) groups is 1. The molecule has 4 rings (SSSR count).